The Labute approximate surface area is 130 Å². The number of aliphatic hydroxyl groups is 1. The van der Waals surface area contributed by atoms with Crippen LogP contribution in [0.4, 0.5) is 18.3 Å². The van der Waals surface area contributed by atoms with Gasteiger partial charge in [-0.3, -0.25) is 0 Å². The van der Waals surface area contributed by atoms with Crippen LogP contribution >= 0.6 is 11.3 Å². The Morgan fingerprint density at radius 2 is 1.86 bits per heavy atom. The summed E-state index contributed by atoms with van der Waals surface area (Å²) < 4.78 is 39.2. The minimum atomic E-state index is -4.39. The molecule has 0 spiro atoms. The number of thiazole rings is 1. The number of anilines is 1. The second kappa shape index (κ2) is 5.89. The van der Waals surface area contributed by atoms with E-state index in [4.69, 9.17) is 0 Å². The number of hydrogen-bond donors (Lipinski definition) is 1. The predicted octanol–water partition coefficient (Wildman–Crippen LogP) is 3.79. The molecule has 22 heavy (non-hydrogen) atoms. The number of halogens is 3. The first-order valence-electron chi connectivity index (χ1n) is 7.00. The largest absolute Gasteiger partial charge is 0.417 e. The smallest absolute Gasteiger partial charge is 0.393 e. The van der Waals surface area contributed by atoms with E-state index in [2.05, 4.69) is 4.98 Å². The number of aliphatic hydroxyl groups excluding tert-OH is 1. The van der Waals surface area contributed by atoms with Gasteiger partial charge >= 0.3 is 6.18 Å². The lowest BCUT2D eigenvalue weighted by Crippen LogP contribution is -2.35. The number of piperidine rings is 1. The zero-order valence-electron chi connectivity index (χ0n) is 11.7. The monoisotopic (exact) mass is 328 g/mol. The first-order valence-corrected chi connectivity index (χ1v) is 7.88. The number of hydrogen-bond acceptors (Lipinski definition) is 4. The molecule has 1 N–H and O–H groups in total. The lowest BCUT2D eigenvalue weighted by Gasteiger charge is -2.29. The van der Waals surface area contributed by atoms with E-state index in [1.54, 1.807) is 11.4 Å². The Hall–Kier alpha value is -1.60. The van der Waals surface area contributed by atoms with Gasteiger partial charge in [-0.05, 0) is 18.9 Å². The quantitative estimate of drug-likeness (QED) is 0.911. The summed E-state index contributed by atoms with van der Waals surface area (Å²) in [5.74, 6) is 0. The molecular formula is C15H15F3N2OS. The molecule has 0 bridgehead atoms. The predicted molar refractivity (Wildman–Crippen MR) is 80.0 cm³/mol. The lowest BCUT2D eigenvalue weighted by atomic mass is 10.1. The summed E-state index contributed by atoms with van der Waals surface area (Å²) in [6, 6.07) is 5.49. The molecule has 1 saturated heterocycles. The molecule has 1 fully saturated rings. The maximum absolute atomic E-state index is 13.1. The first-order chi connectivity index (χ1) is 10.4. The molecule has 0 unspecified atom stereocenters. The summed E-state index contributed by atoms with van der Waals surface area (Å²) >= 11 is 1.34. The molecule has 118 valence electrons. The standard InChI is InChI=1S/C15H15F3N2OS/c16-15(17,18)12-4-2-1-3-11(12)13-9-22-14(19-13)20-7-5-10(21)6-8-20/h1-4,9-10,21H,5-8H2. The van der Waals surface area contributed by atoms with Crippen molar-refractivity contribution in [2.75, 3.05) is 18.0 Å². The molecule has 1 aromatic heterocycles. The van der Waals surface area contributed by atoms with Gasteiger partial charge in [0.2, 0.25) is 0 Å². The highest BCUT2D eigenvalue weighted by molar-refractivity contribution is 7.14. The van der Waals surface area contributed by atoms with Crippen LogP contribution in [0.1, 0.15) is 18.4 Å². The summed E-state index contributed by atoms with van der Waals surface area (Å²) in [6.45, 7) is 1.35. The van der Waals surface area contributed by atoms with Gasteiger partial charge in [-0.15, -0.1) is 11.3 Å². The zero-order chi connectivity index (χ0) is 15.7. The van der Waals surface area contributed by atoms with E-state index in [1.165, 1.54) is 23.5 Å². The van der Waals surface area contributed by atoms with Crippen LogP contribution in [0, 0.1) is 0 Å². The van der Waals surface area contributed by atoms with Crippen molar-refractivity contribution in [3.05, 3.63) is 35.2 Å². The van der Waals surface area contributed by atoms with E-state index in [9.17, 15) is 18.3 Å². The summed E-state index contributed by atoms with van der Waals surface area (Å²) in [5, 5.41) is 11.9. The zero-order valence-corrected chi connectivity index (χ0v) is 12.5. The SMILES string of the molecule is OC1CCN(c2nc(-c3ccccc3C(F)(F)F)cs2)CC1. The van der Waals surface area contributed by atoms with Crippen molar-refractivity contribution < 1.29 is 18.3 Å². The molecule has 1 aliphatic rings. The Morgan fingerprint density at radius 1 is 1.18 bits per heavy atom. The van der Waals surface area contributed by atoms with Gasteiger partial charge in [0.05, 0.1) is 17.4 Å². The summed E-state index contributed by atoms with van der Waals surface area (Å²) in [7, 11) is 0. The Kier molecular flexibility index (Phi) is 4.10. The number of rotatable bonds is 2. The van der Waals surface area contributed by atoms with Gasteiger partial charge in [0.15, 0.2) is 5.13 Å². The van der Waals surface area contributed by atoms with E-state index in [0.717, 1.165) is 6.07 Å². The molecule has 3 rings (SSSR count). The van der Waals surface area contributed by atoms with Crippen LogP contribution in [0.5, 0.6) is 0 Å². The van der Waals surface area contributed by atoms with Crippen molar-refractivity contribution in [1.82, 2.24) is 4.98 Å². The molecule has 1 aromatic carbocycles. The fourth-order valence-corrected chi connectivity index (χ4v) is 3.42. The Balaban J connectivity index is 1.89. The van der Waals surface area contributed by atoms with Crippen LogP contribution in [-0.2, 0) is 6.18 Å². The highest BCUT2D eigenvalue weighted by atomic mass is 32.1. The van der Waals surface area contributed by atoms with Crippen LogP contribution in [0.2, 0.25) is 0 Å². The van der Waals surface area contributed by atoms with Gasteiger partial charge in [0.1, 0.15) is 0 Å². The molecular weight excluding hydrogens is 313 g/mol. The molecule has 0 amide bonds. The fourth-order valence-electron chi connectivity index (χ4n) is 2.54. The van der Waals surface area contributed by atoms with Gasteiger partial charge in [-0.1, -0.05) is 18.2 Å². The van der Waals surface area contributed by atoms with Crippen molar-refractivity contribution in [2.45, 2.75) is 25.1 Å². The topological polar surface area (TPSA) is 36.4 Å². The van der Waals surface area contributed by atoms with Gasteiger partial charge in [0, 0.05) is 24.0 Å². The van der Waals surface area contributed by atoms with Crippen molar-refractivity contribution in [2.24, 2.45) is 0 Å². The van der Waals surface area contributed by atoms with Crippen LogP contribution in [0.3, 0.4) is 0 Å². The highest BCUT2D eigenvalue weighted by Gasteiger charge is 2.34. The van der Waals surface area contributed by atoms with Crippen LogP contribution in [-0.4, -0.2) is 29.3 Å². The average Bonchev–Trinajstić information content (AvgIpc) is 2.97. The lowest BCUT2D eigenvalue weighted by molar-refractivity contribution is -0.137. The van der Waals surface area contributed by atoms with Crippen molar-refractivity contribution in [3.63, 3.8) is 0 Å². The summed E-state index contributed by atoms with van der Waals surface area (Å²) in [6.07, 6.45) is -3.36. The minimum Gasteiger partial charge on any atom is -0.393 e. The molecule has 2 aromatic rings. The second-order valence-electron chi connectivity index (χ2n) is 5.28. The Morgan fingerprint density at radius 3 is 2.55 bits per heavy atom. The van der Waals surface area contributed by atoms with Crippen molar-refractivity contribution >= 4 is 16.5 Å². The molecule has 0 radical (unpaired) electrons. The van der Waals surface area contributed by atoms with E-state index < -0.39 is 11.7 Å². The molecule has 0 saturated carbocycles. The third-order valence-corrected chi connectivity index (χ3v) is 4.64. The summed E-state index contributed by atoms with van der Waals surface area (Å²) in [5.41, 5.74) is -0.213. The van der Waals surface area contributed by atoms with Crippen LogP contribution < -0.4 is 4.90 Å². The normalized spacial score (nSPS) is 17.0. The third-order valence-electron chi connectivity index (χ3n) is 3.74. The molecule has 2 heterocycles. The van der Waals surface area contributed by atoms with Gasteiger partial charge in [-0.25, -0.2) is 4.98 Å². The van der Waals surface area contributed by atoms with E-state index in [1.807, 2.05) is 4.90 Å². The number of aromatic nitrogens is 1. The number of nitrogens with zero attached hydrogens (tertiary/aromatic N) is 2. The first kappa shape index (κ1) is 15.3. The molecule has 1 aliphatic heterocycles. The maximum atomic E-state index is 13.1. The maximum Gasteiger partial charge on any atom is 0.417 e. The number of alkyl halides is 3. The molecule has 0 atom stereocenters. The highest BCUT2D eigenvalue weighted by Crippen LogP contribution is 2.38. The van der Waals surface area contributed by atoms with Gasteiger partial charge < -0.3 is 10.0 Å². The number of benzene rings is 1. The fraction of sp³-hybridized carbons (Fsp3) is 0.400. The third kappa shape index (κ3) is 3.10. The summed E-state index contributed by atoms with van der Waals surface area (Å²) in [4.78, 5) is 6.38. The second-order valence-corrected chi connectivity index (χ2v) is 6.11. The van der Waals surface area contributed by atoms with Crippen LogP contribution in [0.15, 0.2) is 29.6 Å². The van der Waals surface area contributed by atoms with Crippen LogP contribution in [0.25, 0.3) is 11.3 Å². The van der Waals surface area contributed by atoms with E-state index in [-0.39, 0.29) is 11.7 Å². The van der Waals surface area contributed by atoms with Crippen molar-refractivity contribution in [3.8, 4) is 11.3 Å². The average molecular weight is 328 g/mol. The molecule has 0 aliphatic carbocycles. The minimum absolute atomic E-state index is 0.106. The molecule has 3 nitrogen and oxygen atoms in total. The molecule has 7 heteroatoms. The van der Waals surface area contributed by atoms with E-state index >= 15 is 0 Å². The van der Waals surface area contributed by atoms with Gasteiger partial charge in [0.25, 0.3) is 0 Å². The van der Waals surface area contributed by atoms with Gasteiger partial charge in [-0.2, -0.15) is 13.2 Å². The van der Waals surface area contributed by atoms with E-state index in [0.29, 0.717) is 36.8 Å². The van der Waals surface area contributed by atoms with Crippen molar-refractivity contribution in [1.29, 1.82) is 0 Å². The Bertz CT molecular complexity index is 648.